The Morgan fingerprint density at radius 3 is 2.37 bits per heavy atom. The van der Waals surface area contributed by atoms with Gasteiger partial charge in [0.25, 0.3) is 0 Å². The van der Waals surface area contributed by atoms with Crippen molar-refractivity contribution in [3.8, 4) is 0 Å². The van der Waals surface area contributed by atoms with Gasteiger partial charge in [0.2, 0.25) is 0 Å². The fraction of sp³-hybridized carbons (Fsp3) is 0.600. The smallest absolute Gasteiger partial charge is 0.0672 e. The molecular formula is C15H23Cl2NO. The van der Waals surface area contributed by atoms with Gasteiger partial charge < -0.3 is 10.4 Å². The van der Waals surface area contributed by atoms with Crippen LogP contribution in [0.1, 0.15) is 39.7 Å². The molecule has 0 saturated carbocycles. The maximum atomic E-state index is 10.4. The Hall–Kier alpha value is -0.280. The molecule has 1 atom stereocenters. The van der Waals surface area contributed by atoms with Crippen molar-refractivity contribution in [3.63, 3.8) is 0 Å². The molecule has 1 aromatic carbocycles. The van der Waals surface area contributed by atoms with Gasteiger partial charge in [-0.25, -0.2) is 0 Å². The molecule has 19 heavy (non-hydrogen) atoms. The summed E-state index contributed by atoms with van der Waals surface area (Å²) >= 11 is 12.1. The second-order valence-corrected chi connectivity index (χ2v) is 7.10. The van der Waals surface area contributed by atoms with Crippen molar-refractivity contribution in [2.24, 2.45) is 0 Å². The van der Waals surface area contributed by atoms with Crippen LogP contribution in [0.5, 0.6) is 0 Å². The highest BCUT2D eigenvalue weighted by Crippen LogP contribution is 2.29. The van der Waals surface area contributed by atoms with Crippen molar-refractivity contribution in [1.82, 2.24) is 5.32 Å². The van der Waals surface area contributed by atoms with Gasteiger partial charge in [0, 0.05) is 12.0 Å². The predicted octanol–water partition coefficient (Wildman–Crippen LogP) is 4.07. The van der Waals surface area contributed by atoms with E-state index in [0.717, 1.165) is 12.1 Å². The number of aliphatic hydroxyl groups is 1. The molecule has 2 N–H and O–H groups in total. The first-order chi connectivity index (χ1) is 8.61. The molecule has 2 nitrogen and oxygen atoms in total. The molecule has 0 aliphatic rings. The number of benzene rings is 1. The molecule has 1 aromatic rings. The third-order valence-electron chi connectivity index (χ3n) is 2.92. The van der Waals surface area contributed by atoms with Crippen molar-refractivity contribution >= 4 is 23.2 Å². The minimum absolute atomic E-state index is 0.0593. The zero-order valence-corrected chi connectivity index (χ0v) is 13.6. The fourth-order valence-corrected chi connectivity index (χ4v) is 2.28. The molecule has 0 aromatic heterocycles. The molecule has 0 bridgehead atoms. The molecule has 0 heterocycles. The molecular weight excluding hydrogens is 281 g/mol. The van der Waals surface area contributed by atoms with Gasteiger partial charge in [0.05, 0.1) is 15.6 Å². The van der Waals surface area contributed by atoms with E-state index in [4.69, 9.17) is 23.2 Å². The molecule has 0 aliphatic heterocycles. The molecule has 0 spiro atoms. The normalized spacial score (nSPS) is 15.3. The van der Waals surface area contributed by atoms with Gasteiger partial charge in [-0.2, -0.15) is 0 Å². The summed E-state index contributed by atoms with van der Waals surface area (Å²) in [6, 6.07) is 5.51. The van der Waals surface area contributed by atoms with Crippen molar-refractivity contribution < 1.29 is 5.11 Å². The first-order valence-electron chi connectivity index (χ1n) is 6.51. The molecule has 108 valence electrons. The van der Waals surface area contributed by atoms with E-state index in [1.807, 2.05) is 19.1 Å². The van der Waals surface area contributed by atoms with Crippen LogP contribution in [0, 0.1) is 0 Å². The fourth-order valence-electron chi connectivity index (χ4n) is 1.89. The highest BCUT2D eigenvalue weighted by Gasteiger charge is 2.23. The number of hydrogen-bond donors (Lipinski definition) is 2. The zero-order chi connectivity index (χ0) is 14.7. The molecule has 0 saturated heterocycles. The van der Waals surface area contributed by atoms with Crippen molar-refractivity contribution in [1.29, 1.82) is 0 Å². The second kappa shape index (κ2) is 6.45. The molecule has 1 unspecified atom stereocenters. The van der Waals surface area contributed by atoms with E-state index in [1.165, 1.54) is 0 Å². The van der Waals surface area contributed by atoms with Crippen LogP contribution in [0.15, 0.2) is 18.2 Å². The summed E-state index contributed by atoms with van der Waals surface area (Å²) in [6.07, 6.45) is 1.16. The van der Waals surface area contributed by atoms with E-state index < -0.39 is 5.60 Å². The average Bonchev–Trinajstić information content (AvgIpc) is 2.22. The predicted molar refractivity (Wildman–Crippen MR) is 83.2 cm³/mol. The van der Waals surface area contributed by atoms with Crippen LogP contribution >= 0.6 is 23.2 Å². The molecule has 0 aliphatic carbocycles. The van der Waals surface area contributed by atoms with E-state index >= 15 is 0 Å². The van der Waals surface area contributed by atoms with Crippen LogP contribution in [0.25, 0.3) is 0 Å². The Bertz CT molecular complexity index is 425. The average molecular weight is 304 g/mol. The molecule has 0 amide bonds. The van der Waals surface area contributed by atoms with E-state index in [1.54, 1.807) is 6.07 Å². The zero-order valence-electron chi connectivity index (χ0n) is 12.1. The number of nitrogens with one attached hydrogen (secondary N) is 1. The Balaban J connectivity index is 2.61. The largest absolute Gasteiger partial charge is 0.390 e. The molecule has 0 fully saturated rings. The van der Waals surface area contributed by atoms with Gasteiger partial charge in [-0.05, 0) is 52.3 Å². The van der Waals surface area contributed by atoms with Gasteiger partial charge in [-0.15, -0.1) is 0 Å². The minimum Gasteiger partial charge on any atom is -0.390 e. The van der Waals surface area contributed by atoms with E-state index in [-0.39, 0.29) is 5.54 Å². The maximum Gasteiger partial charge on any atom is 0.0672 e. The summed E-state index contributed by atoms with van der Waals surface area (Å²) in [6.45, 7) is 8.91. The Morgan fingerprint density at radius 1 is 1.16 bits per heavy atom. The number of halogens is 2. The van der Waals surface area contributed by atoms with E-state index in [0.29, 0.717) is 22.9 Å². The molecule has 4 heteroatoms. The Kier molecular flexibility index (Phi) is 5.69. The van der Waals surface area contributed by atoms with E-state index in [2.05, 4.69) is 26.1 Å². The first kappa shape index (κ1) is 16.8. The topological polar surface area (TPSA) is 32.3 Å². The SMILES string of the molecule is CC(O)(CCNC(C)(C)C)Cc1cccc(Cl)c1Cl. The van der Waals surface area contributed by atoms with Gasteiger partial charge in [0.1, 0.15) is 0 Å². The third-order valence-corrected chi connectivity index (χ3v) is 3.78. The van der Waals surface area contributed by atoms with Crippen LogP contribution in [0.2, 0.25) is 10.0 Å². The van der Waals surface area contributed by atoms with Gasteiger partial charge in [-0.1, -0.05) is 35.3 Å². The van der Waals surface area contributed by atoms with Crippen LogP contribution in [-0.4, -0.2) is 22.8 Å². The molecule has 1 rings (SSSR count). The summed E-state index contributed by atoms with van der Waals surface area (Å²) in [5.74, 6) is 0. The first-order valence-corrected chi connectivity index (χ1v) is 7.27. The van der Waals surface area contributed by atoms with Gasteiger partial charge >= 0.3 is 0 Å². The van der Waals surface area contributed by atoms with Crippen molar-refractivity contribution in [3.05, 3.63) is 33.8 Å². The standard InChI is InChI=1S/C15H23Cl2NO/c1-14(2,3)18-9-8-15(4,19)10-11-6-5-7-12(16)13(11)17/h5-7,18-19H,8-10H2,1-4H3. The van der Waals surface area contributed by atoms with Crippen LogP contribution in [0.3, 0.4) is 0 Å². The number of rotatable bonds is 5. The lowest BCUT2D eigenvalue weighted by molar-refractivity contribution is 0.0500. The highest BCUT2D eigenvalue weighted by molar-refractivity contribution is 6.42. The second-order valence-electron chi connectivity index (χ2n) is 6.31. The molecule has 0 radical (unpaired) electrons. The Labute approximate surface area is 126 Å². The summed E-state index contributed by atoms with van der Waals surface area (Å²) in [5, 5.41) is 14.9. The summed E-state index contributed by atoms with van der Waals surface area (Å²) < 4.78 is 0. The van der Waals surface area contributed by atoms with Gasteiger partial charge in [-0.3, -0.25) is 0 Å². The number of hydrogen-bond acceptors (Lipinski definition) is 2. The lowest BCUT2D eigenvalue weighted by Crippen LogP contribution is -2.40. The van der Waals surface area contributed by atoms with E-state index in [9.17, 15) is 5.11 Å². The Morgan fingerprint density at radius 2 is 1.79 bits per heavy atom. The minimum atomic E-state index is -0.799. The van der Waals surface area contributed by atoms with Crippen molar-refractivity contribution in [2.45, 2.75) is 51.7 Å². The third kappa shape index (κ3) is 6.13. The highest BCUT2D eigenvalue weighted by atomic mass is 35.5. The van der Waals surface area contributed by atoms with Crippen LogP contribution in [-0.2, 0) is 6.42 Å². The summed E-state index contributed by atoms with van der Waals surface area (Å²) in [5.41, 5.74) is 0.144. The van der Waals surface area contributed by atoms with Crippen LogP contribution < -0.4 is 5.32 Å². The van der Waals surface area contributed by atoms with Gasteiger partial charge in [0.15, 0.2) is 0 Å². The lowest BCUT2D eigenvalue weighted by atomic mass is 9.93. The van der Waals surface area contributed by atoms with Crippen LogP contribution in [0.4, 0.5) is 0 Å². The quantitative estimate of drug-likeness (QED) is 0.859. The summed E-state index contributed by atoms with van der Waals surface area (Å²) in [4.78, 5) is 0. The lowest BCUT2D eigenvalue weighted by Gasteiger charge is -2.27. The maximum absolute atomic E-state index is 10.4. The van der Waals surface area contributed by atoms with Crippen molar-refractivity contribution in [2.75, 3.05) is 6.54 Å². The summed E-state index contributed by atoms with van der Waals surface area (Å²) in [7, 11) is 0. The monoisotopic (exact) mass is 303 g/mol.